The van der Waals surface area contributed by atoms with Crippen LogP contribution in [0.4, 0.5) is 4.79 Å². The maximum absolute atomic E-state index is 11.8. The number of nitrogens with one attached hydrogen (secondary N) is 2. The Morgan fingerprint density at radius 3 is 3.00 bits per heavy atom. The van der Waals surface area contributed by atoms with E-state index in [-0.39, 0.29) is 6.03 Å². The number of nitrogens with zero attached hydrogens (tertiary/aromatic N) is 3. The molecule has 0 aliphatic carbocycles. The Kier molecular flexibility index (Phi) is 7.59. The zero-order valence-corrected chi connectivity index (χ0v) is 14.1. The third kappa shape index (κ3) is 6.28. The Labute approximate surface area is 142 Å². The van der Waals surface area contributed by atoms with Gasteiger partial charge in [0, 0.05) is 43.8 Å². The van der Waals surface area contributed by atoms with Crippen molar-refractivity contribution >= 4 is 6.03 Å². The number of imidazole rings is 1. The van der Waals surface area contributed by atoms with E-state index in [0.717, 1.165) is 31.4 Å². The van der Waals surface area contributed by atoms with Gasteiger partial charge in [-0.2, -0.15) is 0 Å². The van der Waals surface area contributed by atoms with Gasteiger partial charge >= 0.3 is 6.03 Å². The fraction of sp³-hybridized carbons (Fsp3) is 0.471. The van der Waals surface area contributed by atoms with Crippen LogP contribution in [0.3, 0.4) is 0 Å². The molecule has 2 heterocycles. The lowest BCUT2D eigenvalue weighted by Crippen LogP contribution is -2.35. The van der Waals surface area contributed by atoms with Crippen molar-refractivity contribution in [2.45, 2.75) is 39.3 Å². The van der Waals surface area contributed by atoms with Crippen LogP contribution >= 0.6 is 0 Å². The summed E-state index contributed by atoms with van der Waals surface area (Å²) >= 11 is 0. The van der Waals surface area contributed by atoms with E-state index in [9.17, 15) is 4.79 Å². The monoisotopic (exact) mass is 331 g/mol. The van der Waals surface area contributed by atoms with Gasteiger partial charge in [0.2, 0.25) is 5.88 Å². The van der Waals surface area contributed by atoms with Crippen molar-refractivity contribution in [3.63, 3.8) is 0 Å². The number of amides is 2. The lowest BCUT2D eigenvalue weighted by molar-refractivity contribution is 0.240. The maximum Gasteiger partial charge on any atom is 0.315 e. The molecular weight excluding hydrogens is 306 g/mol. The van der Waals surface area contributed by atoms with Crippen molar-refractivity contribution in [1.29, 1.82) is 0 Å². The lowest BCUT2D eigenvalue weighted by atomic mass is 10.2. The van der Waals surface area contributed by atoms with E-state index in [0.29, 0.717) is 25.6 Å². The summed E-state index contributed by atoms with van der Waals surface area (Å²) < 4.78 is 7.60. The Morgan fingerprint density at radius 2 is 2.21 bits per heavy atom. The second kappa shape index (κ2) is 10.3. The molecule has 0 unspecified atom stereocenters. The number of pyridine rings is 1. The topological polar surface area (TPSA) is 81.1 Å². The predicted octanol–water partition coefficient (Wildman–Crippen LogP) is 2.35. The summed E-state index contributed by atoms with van der Waals surface area (Å²) in [5.74, 6) is 0.583. The van der Waals surface area contributed by atoms with Gasteiger partial charge in [0.25, 0.3) is 0 Å². The molecule has 0 saturated heterocycles. The van der Waals surface area contributed by atoms with Gasteiger partial charge in [-0.1, -0.05) is 13.0 Å². The number of urea groups is 1. The van der Waals surface area contributed by atoms with Crippen molar-refractivity contribution < 1.29 is 9.53 Å². The lowest BCUT2D eigenvalue weighted by Gasteiger charge is -2.11. The Hall–Kier alpha value is -2.57. The minimum Gasteiger partial charge on any atom is -0.477 e. The van der Waals surface area contributed by atoms with Crippen LogP contribution in [0.25, 0.3) is 0 Å². The molecule has 2 aromatic heterocycles. The highest BCUT2D eigenvalue weighted by molar-refractivity contribution is 5.73. The molecule has 7 nitrogen and oxygen atoms in total. The molecule has 2 rings (SSSR count). The van der Waals surface area contributed by atoms with E-state index in [1.54, 1.807) is 18.7 Å². The normalized spacial score (nSPS) is 10.4. The summed E-state index contributed by atoms with van der Waals surface area (Å²) in [6.07, 6.45) is 10.0. The number of rotatable bonds is 10. The number of carbonyl (C=O) groups is 1. The predicted molar refractivity (Wildman–Crippen MR) is 91.7 cm³/mol. The van der Waals surface area contributed by atoms with E-state index in [2.05, 4.69) is 20.6 Å². The van der Waals surface area contributed by atoms with Crippen molar-refractivity contribution in [3.8, 4) is 5.88 Å². The largest absolute Gasteiger partial charge is 0.477 e. The summed E-state index contributed by atoms with van der Waals surface area (Å²) in [6.45, 7) is 4.62. The average Bonchev–Trinajstić information content (AvgIpc) is 3.12. The number of aryl methyl sites for hydroxylation is 1. The summed E-state index contributed by atoms with van der Waals surface area (Å²) in [4.78, 5) is 20.0. The van der Waals surface area contributed by atoms with E-state index in [4.69, 9.17) is 4.74 Å². The summed E-state index contributed by atoms with van der Waals surface area (Å²) in [5.41, 5.74) is 0.876. The van der Waals surface area contributed by atoms with Crippen molar-refractivity contribution in [3.05, 3.63) is 42.6 Å². The third-order valence-corrected chi connectivity index (χ3v) is 3.42. The molecule has 7 heteroatoms. The number of ether oxygens (including phenoxy) is 1. The Bertz CT molecular complexity index is 601. The first kappa shape index (κ1) is 17.8. The first-order valence-corrected chi connectivity index (χ1v) is 8.33. The summed E-state index contributed by atoms with van der Waals surface area (Å²) in [7, 11) is 0. The molecule has 0 radical (unpaired) electrons. The van der Waals surface area contributed by atoms with Crippen LogP contribution in [0.1, 0.15) is 31.7 Å². The Balaban J connectivity index is 1.62. The second-order valence-electron chi connectivity index (χ2n) is 5.43. The minimum atomic E-state index is -0.178. The highest BCUT2D eigenvalue weighted by Crippen LogP contribution is 2.14. The molecule has 0 atom stereocenters. The highest BCUT2D eigenvalue weighted by atomic mass is 16.5. The van der Waals surface area contributed by atoms with Gasteiger partial charge in [-0.05, 0) is 25.3 Å². The number of unbranched alkanes of at least 4 members (excludes halogenated alkanes) is 1. The minimum absolute atomic E-state index is 0.178. The van der Waals surface area contributed by atoms with Gasteiger partial charge in [0.1, 0.15) is 0 Å². The SMILES string of the molecule is CCCOc1ncccc1CNC(=O)NCCCCn1ccnc1. The molecule has 0 aliphatic heterocycles. The van der Waals surface area contributed by atoms with Gasteiger partial charge < -0.3 is 19.9 Å². The van der Waals surface area contributed by atoms with E-state index < -0.39 is 0 Å². The first-order valence-electron chi connectivity index (χ1n) is 8.33. The van der Waals surface area contributed by atoms with Crippen LogP contribution in [0, 0.1) is 0 Å². The van der Waals surface area contributed by atoms with Crippen LogP contribution in [-0.4, -0.2) is 33.7 Å². The molecule has 2 amide bonds. The van der Waals surface area contributed by atoms with E-state index in [1.807, 2.05) is 29.8 Å². The molecule has 0 aromatic carbocycles. The van der Waals surface area contributed by atoms with Gasteiger partial charge in [-0.15, -0.1) is 0 Å². The molecule has 0 fully saturated rings. The van der Waals surface area contributed by atoms with Gasteiger partial charge in [-0.3, -0.25) is 0 Å². The maximum atomic E-state index is 11.8. The number of hydrogen-bond acceptors (Lipinski definition) is 4. The smallest absolute Gasteiger partial charge is 0.315 e. The Morgan fingerprint density at radius 1 is 1.29 bits per heavy atom. The van der Waals surface area contributed by atoms with Gasteiger partial charge in [0.05, 0.1) is 12.9 Å². The quantitative estimate of drug-likeness (QED) is 0.655. The highest BCUT2D eigenvalue weighted by Gasteiger charge is 2.06. The van der Waals surface area contributed by atoms with Crippen LogP contribution < -0.4 is 15.4 Å². The van der Waals surface area contributed by atoms with Crippen LogP contribution in [0.15, 0.2) is 37.1 Å². The molecule has 0 aliphatic rings. The molecule has 24 heavy (non-hydrogen) atoms. The van der Waals surface area contributed by atoms with Crippen molar-refractivity contribution in [2.75, 3.05) is 13.2 Å². The third-order valence-electron chi connectivity index (χ3n) is 3.42. The molecule has 130 valence electrons. The van der Waals surface area contributed by atoms with Crippen LogP contribution in [0.5, 0.6) is 5.88 Å². The molecule has 2 N–H and O–H groups in total. The fourth-order valence-corrected chi connectivity index (χ4v) is 2.17. The zero-order chi connectivity index (χ0) is 17.0. The number of aromatic nitrogens is 3. The second-order valence-corrected chi connectivity index (χ2v) is 5.43. The average molecular weight is 331 g/mol. The van der Waals surface area contributed by atoms with E-state index >= 15 is 0 Å². The van der Waals surface area contributed by atoms with E-state index in [1.165, 1.54) is 0 Å². The standard InChI is InChI=1S/C17H25N5O2/c1-2-12-24-16-15(6-5-8-19-16)13-21-17(23)20-7-3-4-10-22-11-9-18-14-22/h5-6,8-9,11,14H,2-4,7,10,12-13H2,1H3,(H2,20,21,23). The molecule has 0 spiro atoms. The number of carbonyl (C=O) groups excluding carboxylic acids is 1. The molecule has 2 aromatic rings. The molecular formula is C17H25N5O2. The van der Waals surface area contributed by atoms with Crippen LogP contribution in [0.2, 0.25) is 0 Å². The van der Waals surface area contributed by atoms with Crippen molar-refractivity contribution in [1.82, 2.24) is 25.2 Å². The first-order chi connectivity index (χ1) is 11.8. The number of hydrogen-bond donors (Lipinski definition) is 2. The van der Waals surface area contributed by atoms with Crippen LogP contribution in [-0.2, 0) is 13.1 Å². The summed E-state index contributed by atoms with van der Waals surface area (Å²) in [5, 5.41) is 5.69. The van der Waals surface area contributed by atoms with Gasteiger partial charge in [0.15, 0.2) is 0 Å². The van der Waals surface area contributed by atoms with Gasteiger partial charge in [-0.25, -0.2) is 14.8 Å². The summed E-state index contributed by atoms with van der Waals surface area (Å²) in [6, 6.07) is 3.57. The molecule has 0 saturated carbocycles. The zero-order valence-electron chi connectivity index (χ0n) is 14.1. The molecule has 0 bridgehead atoms. The van der Waals surface area contributed by atoms with Crippen molar-refractivity contribution in [2.24, 2.45) is 0 Å². The fourth-order valence-electron chi connectivity index (χ4n) is 2.17.